The molecule has 0 aliphatic carbocycles. The number of H-pyrrole nitrogens is 1. The van der Waals surface area contributed by atoms with Crippen LogP contribution in [-0.4, -0.2) is 30.0 Å². The van der Waals surface area contributed by atoms with E-state index >= 15 is 0 Å². The Labute approximate surface area is 175 Å². The third-order valence-electron chi connectivity index (χ3n) is 6.01. The zero-order valence-electron chi connectivity index (χ0n) is 17.3. The molecule has 4 aromatic rings. The molecule has 1 aliphatic rings. The summed E-state index contributed by atoms with van der Waals surface area (Å²) < 4.78 is 0. The standard InChI is InChI=1S/C25H26N4O/c1-15-10-11-17(28-18-13-26-14-18)12-21(15)25(30)27-16(2)19-7-5-9-23-24(19)20-6-3-4-8-22(20)29-23/h3-12,16,18,26,28-29H,13-14H2,1-2H3,(H,27,30)/t16-/m1/s1. The molecule has 0 spiro atoms. The molecule has 1 saturated heterocycles. The van der Waals surface area contributed by atoms with E-state index < -0.39 is 0 Å². The van der Waals surface area contributed by atoms with Gasteiger partial charge in [0.1, 0.15) is 0 Å². The first kappa shape index (κ1) is 18.7. The molecule has 0 unspecified atom stereocenters. The SMILES string of the molecule is Cc1ccc(NC2CNC2)cc1C(=O)N[C@H](C)c1cccc2[nH]c3ccccc3c12. The third kappa shape index (κ3) is 3.31. The summed E-state index contributed by atoms with van der Waals surface area (Å²) in [5, 5.41) is 12.3. The van der Waals surface area contributed by atoms with Crippen molar-refractivity contribution in [3.63, 3.8) is 0 Å². The predicted molar refractivity (Wildman–Crippen MR) is 123 cm³/mol. The molecule has 0 radical (unpaired) electrons. The fourth-order valence-corrected chi connectivity index (χ4v) is 4.23. The zero-order valence-corrected chi connectivity index (χ0v) is 17.3. The Balaban J connectivity index is 1.43. The third-order valence-corrected chi connectivity index (χ3v) is 6.01. The molecule has 4 N–H and O–H groups in total. The highest BCUT2D eigenvalue weighted by Crippen LogP contribution is 2.31. The molecule has 30 heavy (non-hydrogen) atoms. The number of aromatic amines is 1. The number of carbonyl (C=O) groups is 1. The second kappa shape index (κ2) is 7.50. The number of aromatic nitrogens is 1. The maximum atomic E-state index is 13.1. The highest BCUT2D eigenvalue weighted by atomic mass is 16.1. The smallest absolute Gasteiger partial charge is 0.252 e. The molecule has 1 aromatic heterocycles. The first-order valence-electron chi connectivity index (χ1n) is 10.5. The molecule has 5 nitrogen and oxygen atoms in total. The highest BCUT2D eigenvalue weighted by Gasteiger charge is 2.19. The van der Waals surface area contributed by atoms with Gasteiger partial charge in [0.15, 0.2) is 0 Å². The van der Waals surface area contributed by atoms with E-state index in [9.17, 15) is 4.79 Å². The topological polar surface area (TPSA) is 68.9 Å². The molecule has 1 fully saturated rings. The van der Waals surface area contributed by atoms with Crippen molar-refractivity contribution < 1.29 is 4.79 Å². The van der Waals surface area contributed by atoms with E-state index in [0.29, 0.717) is 11.6 Å². The highest BCUT2D eigenvalue weighted by molar-refractivity contribution is 6.09. The van der Waals surface area contributed by atoms with Crippen molar-refractivity contribution in [1.82, 2.24) is 15.6 Å². The summed E-state index contributed by atoms with van der Waals surface area (Å²) in [5.74, 6) is -0.0489. The molecule has 0 bridgehead atoms. The number of fused-ring (bicyclic) bond motifs is 3. The van der Waals surface area contributed by atoms with Crippen molar-refractivity contribution in [2.75, 3.05) is 18.4 Å². The Morgan fingerprint density at radius 2 is 1.83 bits per heavy atom. The quantitative estimate of drug-likeness (QED) is 0.400. The molecule has 1 atom stereocenters. The second-order valence-corrected chi connectivity index (χ2v) is 8.16. The lowest BCUT2D eigenvalue weighted by Crippen LogP contribution is -2.51. The minimum Gasteiger partial charge on any atom is -0.380 e. The van der Waals surface area contributed by atoms with Crippen LogP contribution in [0.25, 0.3) is 21.8 Å². The van der Waals surface area contributed by atoms with Crippen molar-refractivity contribution in [2.45, 2.75) is 25.9 Å². The van der Waals surface area contributed by atoms with Crippen LogP contribution < -0.4 is 16.0 Å². The van der Waals surface area contributed by atoms with Crippen LogP contribution in [0.5, 0.6) is 0 Å². The average Bonchev–Trinajstić information content (AvgIpc) is 3.10. The van der Waals surface area contributed by atoms with Crippen molar-refractivity contribution in [2.24, 2.45) is 0 Å². The zero-order chi connectivity index (χ0) is 20.7. The first-order chi connectivity index (χ1) is 14.6. The maximum absolute atomic E-state index is 13.1. The molecule has 2 heterocycles. The number of hydrogen-bond acceptors (Lipinski definition) is 3. The molecule has 1 amide bonds. The minimum atomic E-state index is -0.118. The van der Waals surface area contributed by atoms with Gasteiger partial charge in [-0.25, -0.2) is 0 Å². The van der Waals surface area contributed by atoms with Gasteiger partial charge in [-0.05, 0) is 49.2 Å². The lowest BCUT2D eigenvalue weighted by atomic mass is 10.00. The Hall–Kier alpha value is -3.31. The van der Waals surface area contributed by atoms with E-state index in [2.05, 4.69) is 51.3 Å². The number of nitrogens with one attached hydrogen (secondary N) is 4. The number of hydrogen-bond donors (Lipinski definition) is 4. The lowest BCUT2D eigenvalue weighted by molar-refractivity contribution is 0.0939. The number of benzene rings is 3. The van der Waals surface area contributed by atoms with Gasteiger partial charge in [-0.3, -0.25) is 4.79 Å². The van der Waals surface area contributed by atoms with Gasteiger partial charge >= 0.3 is 0 Å². The minimum absolute atomic E-state index is 0.0489. The summed E-state index contributed by atoms with van der Waals surface area (Å²) in [4.78, 5) is 16.6. The summed E-state index contributed by atoms with van der Waals surface area (Å²) in [6.45, 7) is 5.95. The maximum Gasteiger partial charge on any atom is 0.252 e. The van der Waals surface area contributed by atoms with Gasteiger partial charge in [-0.15, -0.1) is 0 Å². The van der Waals surface area contributed by atoms with Crippen LogP contribution in [0.4, 0.5) is 5.69 Å². The Kier molecular flexibility index (Phi) is 4.68. The van der Waals surface area contributed by atoms with E-state index in [1.807, 2.05) is 44.2 Å². The largest absolute Gasteiger partial charge is 0.380 e. The van der Waals surface area contributed by atoms with E-state index in [1.165, 1.54) is 10.8 Å². The summed E-state index contributed by atoms with van der Waals surface area (Å²) >= 11 is 0. The van der Waals surface area contributed by atoms with Crippen molar-refractivity contribution >= 4 is 33.4 Å². The van der Waals surface area contributed by atoms with E-state index in [-0.39, 0.29) is 11.9 Å². The van der Waals surface area contributed by atoms with Gasteiger partial charge in [0.25, 0.3) is 5.91 Å². The molecule has 1 aliphatic heterocycles. The van der Waals surface area contributed by atoms with Crippen LogP contribution in [0.3, 0.4) is 0 Å². The number of aryl methyl sites for hydroxylation is 1. The molecule has 5 rings (SSSR count). The number of carbonyl (C=O) groups excluding carboxylic acids is 1. The van der Waals surface area contributed by atoms with Gasteiger partial charge in [0.05, 0.1) is 12.1 Å². The van der Waals surface area contributed by atoms with Gasteiger partial charge in [0, 0.05) is 46.1 Å². The number of anilines is 1. The number of amides is 1. The van der Waals surface area contributed by atoms with Crippen LogP contribution in [0, 0.1) is 6.92 Å². The number of para-hydroxylation sites is 1. The average molecular weight is 399 g/mol. The molecule has 5 heteroatoms. The normalized spacial score (nSPS) is 15.1. The summed E-state index contributed by atoms with van der Waals surface area (Å²) in [7, 11) is 0. The predicted octanol–water partition coefficient (Wildman–Crippen LogP) is 4.50. The van der Waals surface area contributed by atoms with E-state index in [4.69, 9.17) is 0 Å². The Bertz CT molecular complexity index is 1240. The summed E-state index contributed by atoms with van der Waals surface area (Å²) in [6.07, 6.45) is 0. The fraction of sp³-hybridized carbons (Fsp3) is 0.240. The van der Waals surface area contributed by atoms with Crippen molar-refractivity contribution in [1.29, 1.82) is 0 Å². The van der Waals surface area contributed by atoms with Gasteiger partial charge in [-0.2, -0.15) is 0 Å². The van der Waals surface area contributed by atoms with E-state index in [1.54, 1.807) is 0 Å². The van der Waals surface area contributed by atoms with Crippen molar-refractivity contribution in [3.05, 3.63) is 77.4 Å². The number of rotatable bonds is 5. The molecular weight excluding hydrogens is 372 g/mol. The molecular formula is C25H26N4O. The monoisotopic (exact) mass is 398 g/mol. The first-order valence-corrected chi connectivity index (χ1v) is 10.5. The molecule has 152 valence electrons. The van der Waals surface area contributed by atoms with Crippen LogP contribution in [-0.2, 0) is 0 Å². The lowest BCUT2D eigenvalue weighted by Gasteiger charge is -2.29. The molecule has 3 aromatic carbocycles. The van der Waals surface area contributed by atoms with Crippen LogP contribution in [0.2, 0.25) is 0 Å². The second-order valence-electron chi connectivity index (χ2n) is 8.16. The van der Waals surface area contributed by atoms with Gasteiger partial charge < -0.3 is 20.9 Å². The molecule has 0 saturated carbocycles. The Morgan fingerprint density at radius 1 is 1.03 bits per heavy atom. The van der Waals surface area contributed by atoms with Crippen LogP contribution in [0.1, 0.15) is 34.5 Å². The fourth-order valence-electron chi connectivity index (χ4n) is 4.23. The van der Waals surface area contributed by atoms with E-state index in [0.717, 1.165) is 40.9 Å². The summed E-state index contributed by atoms with van der Waals surface area (Å²) in [6, 6.07) is 20.8. The van der Waals surface area contributed by atoms with Gasteiger partial charge in [0.2, 0.25) is 0 Å². The van der Waals surface area contributed by atoms with Crippen LogP contribution >= 0.6 is 0 Å². The van der Waals surface area contributed by atoms with Crippen LogP contribution in [0.15, 0.2) is 60.7 Å². The summed E-state index contributed by atoms with van der Waals surface area (Å²) in [5.41, 5.74) is 5.99. The van der Waals surface area contributed by atoms with Crippen molar-refractivity contribution in [3.8, 4) is 0 Å². The Morgan fingerprint density at radius 3 is 2.63 bits per heavy atom. The van der Waals surface area contributed by atoms with Gasteiger partial charge in [-0.1, -0.05) is 36.4 Å².